The van der Waals surface area contributed by atoms with Gasteiger partial charge in [-0.25, -0.2) is 0 Å². The molecule has 1 heterocycles. The summed E-state index contributed by atoms with van der Waals surface area (Å²) in [6.07, 6.45) is 3.32. The second-order valence-corrected chi connectivity index (χ2v) is 6.71. The van der Waals surface area contributed by atoms with Crippen molar-refractivity contribution in [2.45, 2.75) is 59.4 Å². The topological polar surface area (TPSA) is 32.3 Å². The maximum atomic E-state index is 12.8. The van der Waals surface area contributed by atoms with Crippen molar-refractivity contribution < 1.29 is 4.79 Å². The molecule has 1 amide bonds. The Hall–Kier alpha value is -0.570. The van der Waals surface area contributed by atoms with E-state index in [0.717, 1.165) is 32.5 Å². The molecule has 1 aliphatic rings. The van der Waals surface area contributed by atoms with Crippen LogP contribution >= 0.6 is 0 Å². The van der Waals surface area contributed by atoms with E-state index in [4.69, 9.17) is 0 Å². The Kier molecular flexibility index (Phi) is 5.64. The van der Waals surface area contributed by atoms with Crippen molar-refractivity contribution in [1.29, 1.82) is 0 Å². The number of hydrogen-bond donors (Lipinski definition) is 1. The first kappa shape index (κ1) is 15.5. The summed E-state index contributed by atoms with van der Waals surface area (Å²) in [7, 11) is 0. The van der Waals surface area contributed by atoms with Crippen LogP contribution in [0.15, 0.2) is 0 Å². The predicted octanol–water partition coefficient (Wildman–Crippen LogP) is 2.66. The molecule has 1 N–H and O–H groups in total. The number of hydrogen-bond acceptors (Lipinski definition) is 2. The summed E-state index contributed by atoms with van der Waals surface area (Å²) in [5, 5.41) is 3.43. The molecule has 0 spiro atoms. The molecule has 0 aromatic heterocycles. The molecule has 1 saturated heterocycles. The summed E-state index contributed by atoms with van der Waals surface area (Å²) in [6.45, 7) is 13.5. The molecular weight excluding hydrogens is 224 g/mol. The maximum absolute atomic E-state index is 12.8. The molecule has 1 aliphatic heterocycles. The molecule has 1 fully saturated rings. The zero-order chi connectivity index (χ0) is 13.8. The van der Waals surface area contributed by atoms with E-state index >= 15 is 0 Å². The van der Waals surface area contributed by atoms with Gasteiger partial charge in [0.15, 0.2) is 0 Å². The van der Waals surface area contributed by atoms with Gasteiger partial charge < -0.3 is 10.2 Å². The summed E-state index contributed by atoms with van der Waals surface area (Å²) in [5.74, 6) is 1.35. The first-order valence-corrected chi connectivity index (χ1v) is 7.39. The van der Waals surface area contributed by atoms with Crippen LogP contribution in [0, 0.1) is 11.8 Å². The fraction of sp³-hybridized carbons (Fsp3) is 0.933. The number of amides is 1. The van der Waals surface area contributed by atoms with Crippen LogP contribution in [0.3, 0.4) is 0 Å². The highest BCUT2D eigenvalue weighted by Crippen LogP contribution is 2.22. The molecule has 0 aromatic carbocycles. The van der Waals surface area contributed by atoms with Crippen molar-refractivity contribution in [2.24, 2.45) is 11.8 Å². The summed E-state index contributed by atoms with van der Waals surface area (Å²) < 4.78 is 0. The maximum Gasteiger partial charge on any atom is 0.242 e. The van der Waals surface area contributed by atoms with E-state index < -0.39 is 0 Å². The minimum absolute atomic E-state index is 0.296. The monoisotopic (exact) mass is 254 g/mol. The average Bonchev–Trinajstić information content (AvgIpc) is 2.27. The fourth-order valence-corrected chi connectivity index (χ4v) is 2.71. The van der Waals surface area contributed by atoms with Crippen molar-refractivity contribution in [3.8, 4) is 0 Å². The SMILES string of the molecule is CC(C)CN(CC(C)C)C(=O)C1(C)CCCCN1. The highest BCUT2D eigenvalue weighted by Gasteiger charge is 2.37. The smallest absolute Gasteiger partial charge is 0.242 e. The van der Waals surface area contributed by atoms with Crippen LogP contribution < -0.4 is 5.32 Å². The Balaban J connectivity index is 2.73. The molecule has 18 heavy (non-hydrogen) atoms. The molecule has 0 aromatic rings. The third-order valence-electron chi connectivity index (χ3n) is 3.55. The molecule has 0 saturated carbocycles. The number of nitrogens with zero attached hydrogens (tertiary/aromatic N) is 1. The Morgan fingerprint density at radius 2 is 1.72 bits per heavy atom. The number of rotatable bonds is 5. The summed E-state index contributed by atoms with van der Waals surface area (Å²) in [4.78, 5) is 14.8. The van der Waals surface area contributed by atoms with Crippen molar-refractivity contribution in [1.82, 2.24) is 10.2 Å². The van der Waals surface area contributed by atoms with Gasteiger partial charge in [0.05, 0.1) is 5.54 Å². The highest BCUT2D eigenvalue weighted by atomic mass is 16.2. The standard InChI is InChI=1S/C15H30N2O/c1-12(2)10-17(11-13(3)4)14(18)15(5)8-6-7-9-16-15/h12-13,16H,6-11H2,1-5H3. The first-order valence-electron chi connectivity index (χ1n) is 7.39. The van der Waals surface area contributed by atoms with E-state index in [1.54, 1.807) is 0 Å². The van der Waals surface area contributed by atoms with Crippen molar-refractivity contribution >= 4 is 5.91 Å². The lowest BCUT2D eigenvalue weighted by Gasteiger charge is -2.39. The highest BCUT2D eigenvalue weighted by molar-refractivity contribution is 5.86. The summed E-state index contributed by atoms with van der Waals surface area (Å²) >= 11 is 0. The second-order valence-electron chi connectivity index (χ2n) is 6.71. The molecule has 3 nitrogen and oxygen atoms in total. The summed E-state index contributed by atoms with van der Waals surface area (Å²) in [6, 6.07) is 0. The van der Waals surface area contributed by atoms with Gasteiger partial charge >= 0.3 is 0 Å². The molecule has 0 bridgehead atoms. The molecule has 1 atom stereocenters. The molecule has 1 unspecified atom stereocenters. The molecule has 0 radical (unpaired) electrons. The van der Waals surface area contributed by atoms with E-state index in [2.05, 4.69) is 44.8 Å². The number of carbonyl (C=O) groups is 1. The Labute approximate surface area is 112 Å². The molecular formula is C15H30N2O. The molecule has 0 aliphatic carbocycles. The van der Waals surface area contributed by atoms with Gasteiger partial charge in [0, 0.05) is 13.1 Å². The lowest BCUT2D eigenvalue weighted by Crippen LogP contribution is -2.59. The number of nitrogens with one attached hydrogen (secondary N) is 1. The summed E-state index contributed by atoms with van der Waals surface area (Å²) in [5.41, 5.74) is -0.331. The van der Waals surface area contributed by atoms with Gasteiger partial charge in [0.1, 0.15) is 0 Å². The number of carbonyl (C=O) groups excluding carboxylic acids is 1. The van der Waals surface area contributed by atoms with E-state index in [1.165, 1.54) is 6.42 Å². The van der Waals surface area contributed by atoms with Gasteiger partial charge in [-0.3, -0.25) is 4.79 Å². The van der Waals surface area contributed by atoms with Crippen LogP contribution in [0.2, 0.25) is 0 Å². The predicted molar refractivity (Wildman–Crippen MR) is 76.5 cm³/mol. The van der Waals surface area contributed by atoms with Crippen molar-refractivity contribution in [2.75, 3.05) is 19.6 Å². The van der Waals surface area contributed by atoms with Crippen LogP contribution in [-0.2, 0) is 4.79 Å². The quantitative estimate of drug-likeness (QED) is 0.818. The number of piperidine rings is 1. The van der Waals surface area contributed by atoms with Crippen LogP contribution in [0.5, 0.6) is 0 Å². The molecule has 3 heteroatoms. The first-order chi connectivity index (χ1) is 8.35. The fourth-order valence-electron chi connectivity index (χ4n) is 2.71. The molecule has 1 rings (SSSR count). The largest absolute Gasteiger partial charge is 0.341 e. The second kappa shape index (κ2) is 6.55. The van der Waals surface area contributed by atoms with Crippen molar-refractivity contribution in [3.63, 3.8) is 0 Å². The van der Waals surface area contributed by atoms with E-state index in [-0.39, 0.29) is 5.54 Å². The Morgan fingerprint density at radius 3 is 2.11 bits per heavy atom. The van der Waals surface area contributed by atoms with Crippen molar-refractivity contribution in [3.05, 3.63) is 0 Å². The normalized spacial score (nSPS) is 24.6. The molecule has 106 valence electrons. The average molecular weight is 254 g/mol. The zero-order valence-corrected chi connectivity index (χ0v) is 12.8. The van der Waals surface area contributed by atoms with E-state index in [0.29, 0.717) is 17.7 Å². The minimum atomic E-state index is -0.331. The van der Waals surface area contributed by atoms with Crippen LogP contribution in [0.4, 0.5) is 0 Å². The lowest BCUT2D eigenvalue weighted by atomic mass is 9.89. The van der Waals surface area contributed by atoms with Gasteiger partial charge in [-0.05, 0) is 44.6 Å². The minimum Gasteiger partial charge on any atom is -0.341 e. The van der Waals surface area contributed by atoms with Gasteiger partial charge in [0.2, 0.25) is 5.91 Å². The third-order valence-corrected chi connectivity index (χ3v) is 3.55. The van der Waals surface area contributed by atoms with E-state index in [9.17, 15) is 4.79 Å². The lowest BCUT2D eigenvalue weighted by molar-refractivity contribution is -0.139. The zero-order valence-electron chi connectivity index (χ0n) is 12.8. The third kappa shape index (κ3) is 4.27. The van der Waals surface area contributed by atoms with Gasteiger partial charge in [0.25, 0.3) is 0 Å². The van der Waals surface area contributed by atoms with Crippen LogP contribution in [0.25, 0.3) is 0 Å². The van der Waals surface area contributed by atoms with E-state index in [1.807, 2.05) is 0 Å². The van der Waals surface area contributed by atoms with Crippen LogP contribution in [-0.4, -0.2) is 36.0 Å². The van der Waals surface area contributed by atoms with Crippen LogP contribution in [0.1, 0.15) is 53.9 Å². The Bertz CT molecular complexity index is 258. The van der Waals surface area contributed by atoms with Gasteiger partial charge in [-0.15, -0.1) is 0 Å². The van der Waals surface area contributed by atoms with Gasteiger partial charge in [-0.1, -0.05) is 27.7 Å². The van der Waals surface area contributed by atoms with Gasteiger partial charge in [-0.2, -0.15) is 0 Å². The Morgan fingerprint density at radius 1 is 1.17 bits per heavy atom.